The van der Waals surface area contributed by atoms with E-state index >= 15 is 0 Å². The lowest BCUT2D eigenvalue weighted by Gasteiger charge is -2.10. The number of ether oxygens (including phenoxy) is 1. The predicted molar refractivity (Wildman–Crippen MR) is 109 cm³/mol. The van der Waals surface area contributed by atoms with E-state index in [-0.39, 0.29) is 28.2 Å². The van der Waals surface area contributed by atoms with Crippen molar-refractivity contribution in [1.82, 2.24) is 0 Å². The summed E-state index contributed by atoms with van der Waals surface area (Å²) < 4.78 is 11.1. The summed E-state index contributed by atoms with van der Waals surface area (Å²) in [5, 5.41) is 3.09. The molecule has 3 N–H and O–H groups in total. The summed E-state index contributed by atoms with van der Waals surface area (Å²) in [6.45, 7) is 3.86. The molecule has 0 aliphatic rings. The van der Waals surface area contributed by atoms with Crippen molar-refractivity contribution in [3.05, 3.63) is 70.1 Å². The van der Waals surface area contributed by atoms with Crippen LogP contribution in [0.3, 0.4) is 0 Å². The smallest absolute Gasteiger partial charge is 0.255 e. The van der Waals surface area contributed by atoms with E-state index in [1.807, 2.05) is 13.8 Å². The third-order valence-electron chi connectivity index (χ3n) is 3.72. The highest BCUT2D eigenvalue weighted by Crippen LogP contribution is 2.19. The quantitative estimate of drug-likeness (QED) is 0.656. The van der Waals surface area contributed by atoms with Gasteiger partial charge in [0.1, 0.15) is 16.3 Å². The summed E-state index contributed by atoms with van der Waals surface area (Å²) in [5.74, 6) is 0.552. The lowest BCUT2D eigenvalue weighted by molar-refractivity contribution is 0.102. The molecule has 3 rings (SSSR count). The molecule has 1 heterocycles. The number of hydrogen-bond acceptors (Lipinski definition) is 5. The molecular formula is C20H18N2O4S. The molecule has 138 valence electrons. The fourth-order valence-corrected chi connectivity index (χ4v) is 2.62. The van der Waals surface area contributed by atoms with Gasteiger partial charge in [-0.2, -0.15) is 0 Å². The van der Waals surface area contributed by atoms with E-state index in [1.165, 1.54) is 6.07 Å². The molecule has 0 saturated carbocycles. The standard InChI is InChI=1S/C20H18N2O4S/c1-11(2)25-14-6-3-12(4-7-14)20(24)22-13-5-8-17-15(9-13)16(23)10-18(26-17)19(21)27/h3-11H,1-2H3,(H2,21,27)(H,22,24). The Bertz CT molecular complexity index is 1070. The molecule has 0 aliphatic heterocycles. The molecule has 0 atom stereocenters. The fourth-order valence-electron chi connectivity index (χ4n) is 2.52. The second-order valence-electron chi connectivity index (χ2n) is 6.20. The maximum atomic E-state index is 12.4. The van der Waals surface area contributed by atoms with Gasteiger partial charge in [-0.25, -0.2) is 0 Å². The molecule has 6 nitrogen and oxygen atoms in total. The van der Waals surface area contributed by atoms with Crippen molar-refractivity contribution in [2.45, 2.75) is 20.0 Å². The first-order valence-electron chi connectivity index (χ1n) is 8.29. The van der Waals surface area contributed by atoms with Crippen molar-refractivity contribution in [2.24, 2.45) is 5.73 Å². The number of amides is 1. The Morgan fingerprint density at radius 3 is 2.48 bits per heavy atom. The highest BCUT2D eigenvalue weighted by molar-refractivity contribution is 7.80. The number of benzene rings is 2. The van der Waals surface area contributed by atoms with Gasteiger partial charge in [0.15, 0.2) is 11.2 Å². The summed E-state index contributed by atoms with van der Waals surface area (Å²) in [4.78, 5) is 24.7. The topological polar surface area (TPSA) is 94.6 Å². The van der Waals surface area contributed by atoms with Gasteiger partial charge >= 0.3 is 0 Å². The second-order valence-corrected chi connectivity index (χ2v) is 6.64. The minimum absolute atomic E-state index is 0.0104. The molecule has 0 bridgehead atoms. The van der Waals surface area contributed by atoms with Gasteiger partial charge in [0.25, 0.3) is 5.91 Å². The molecule has 0 aliphatic carbocycles. The summed E-state index contributed by atoms with van der Waals surface area (Å²) in [6, 6.07) is 12.9. The van der Waals surface area contributed by atoms with Crippen molar-refractivity contribution in [2.75, 3.05) is 5.32 Å². The van der Waals surface area contributed by atoms with E-state index < -0.39 is 0 Å². The van der Waals surface area contributed by atoms with Gasteiger partial charge in [0.2, 0.25) is 0 Å². The molecule has 0 fully saturated rings. The highest BCUT2D eigenvalue weighted by atomic mass is 32.1. The Morgan fingerprint density at radius 1 is 1.15 bits per heavy atom. The SMILES string of the molecule is CC(C)Oc1ccc(C(=O)Nc2ccc3oc(C(N)=S)cc(=O)c3c2)cc1. The van der Waals surface area contributed by atoms with E-state index in [0.29, 0.717) is 28.0 Å². The van der Waals surface area contributed by atoms with E-state index in [9.17, 15) is 9.59 Å². The Balaban J connectivity index is 1.82. The monoisotopic (exact) mass is 382 g/mol. The lowest BCUT2D eigenvalue weighted by atomic mass is 10.1. The van der Waals surface area contributed by atoms with Gasteiger partial charge in [0.05, 0.1) is 11.5 Å². The van der Waals surface area contributed by atoms with Crippen LogP contribution in [0.2, 0.25) is 0 Å². The number of carbonyl (C=O) groups is 1. The zero-order valence-electron chi connectivity index (χ0n) is 14.8. The van der Waals surface area contributed by atoms with Crippen LogP contribution in [0, 0.1) is 0 Å². The van der Waals surface area contributed by atoms with Crippen LogP contribution in [-0.4, -0.2) is 17.0 Å². The first-order valence-corrected chi connectivity index (χ1v) is 8.70. The Labute approximate surface area is 160 Å². The third kappa shape index (κ3) is 4.32. The molecule has 0 spiro atoms. The van der Waals surface area contributed by atoms with Crippen LogP contribution in [0.25, 0.3) is 11.0 Å². The molecule has 3 aromatic rings. The molecule has 7 heteroatoms. The van der Waals surface area contributed by atoms with E-state index in [0.717, 1.165) is 0 Å². The van der Waals surface area contributed by atoms with Crippen LogP contribution >= 0.6 is 12.2 Å². The molecule has 0 radical (unpaired) electrons. The zero-order chi connectivity index (χ0) is 19.6. The Kier molecular flexibility index (Phi) is 5.23. The number of rotatable bonds is 5. The highest BCUT2D eigenvalue weighted by Gasteiger charge is 2.11. The van der Waals surface area contributed by atoms with Crippen LogP contribution in [0.1, 0.15) is 30.0 Å². The number of hydrogen-bond donors (Lipinski definition) is 2. The number of thiocarbonyl (C=S) groups is 1. The average molecular weight is 382 g/mol. The number of nitrogens with one attached hydrogen (secondary N) is 1. The molecule has 2 aromatic carbocycles. The van der Waals surface area contributed by atoms with Gasteiger partial charge < -0.3 is 20.2 Å². The van der Waals surface area contributed by atoms with Crippen molar-refractivity contribution in [3.8, 4) is 5.75 Å². The minimum atomic E-state index is -0.297. The second kappa shape index (κ2) is 7.59. The number of anilines is 1. The maximum Gasteiger partial charge on any atom is 0.255 e. The van der Waals surface area contributed by atoms with Crippen LogP contribution in [0.4, 0.5) is 5.69 Å². The molecule has 27 heavy (non-hydrogen) atoms. The van der Waals surface area contributed by atoms with Gasteiger partial charge in [-0.1, -0.05) is 12.2 Å². The molecule has 0 unspecified atom stereocenters. The van der Waals surface area contributed by atoms with Crippen molar-refractivity contribution >= 4 is 39.8 Å². The number of nitrogens with two attached hydrogens (primary N) is 1. The van der Waals surface area contributed by atoms with Gasteiger partial charge in [0, 0.05) is 17.3 Å². The van der Waals surface area contributed by atoms with Crippen molar-refractivity contribution in [3.63, 3.8) is 0 Å². The molecular weight excluding hydrogens is 364 g/mol. The molecule has 1 aromatic heterocycles. The largest absolute Gasteiger partial charge is 0.491 e. The fraction of sp³-hybridized carbons (Fsp3) is 0.150. The van der Waals surface area contributed by atoms with Crippen LogP contribution in [0.15, 0.2) is 57.7 Å². The maximum absolute atomic E-state index is 12.4. The Hall–Kier alpha value is -3.19. The van der Waals surface area contributed by atoms with E-state index in [4.69, 9.17) is 27.1 Å². The van der Waals surface area contributed by atoms with E-state index in [2.05, 4.69) is 5.32 Å². The molecule has 1 amide bonds. The van der Waals surface area contributed by atoms with Crippen LogP contribution in [0.5, 0.6) is 5.75 Å². The van der Waals surface area contributed by atoms with Crippen molar-refractivity contribution < 1.29 is 13.9 Å². The number of carbonyl (C=O) groups excluding carboxylic acids is 1. The zero-order valence-corrected chi connectivity index (χ0v) is 15.6. The lowest BCUT2D eigenvalue weighted by Crippen LogP contribution is -2.14. The third-order valence-corrected chi connectivity index (χ3v) is 3.92. The summed E-state index contributed by atoms with van der Waals surface area (Å²) in [6.07, 6.45) is 0.0584. The average Bonchev–Trinajstić information content (AvgIpc) is 2.62. The van der Waals surface area contributed by atoms with E-state index in [1.54, 1.807) is 42.5 Å². The summed E-state index contributed by atoms with van der Waals surface area (Å²) >= 11 is 4.83. The van der Waals surface area contributed by atoms with Crippen LogP contribution in [-0.2, 0) is 0 Å². The predicted octanol–water partition coefficient (Wildman–Crippen LogP) is 3.47. The summed E-state index contributed by atoms with van der Waals surface area (Å²) in [7, 11) is 0. The summed E-state index contributed by atoms with van der Waals surface area (Å²) in [5.41, 5.74) is 6.51. The first kappa shape index (κ1) is 18.6. The van der Waals surface area contributed by atoms with Gasteiger partial charge in [-0.15, -0.1) is 0 Å². The van der Waals surface area contributed by atoms with Gasteiger partial charge in [-0.3, -0.25) is 9.59 Å². The normalized spacial score (nSPS) is 10.8. The number of fused-ring (bicyclic) bond motifs is 1. The first-order chi connectivity index (χ1) is 12.8. The Morgan fingerprint density at radius 2 is 1.85 bits per heavy atom. The van der Waals surface area contributed by atoms with Gasteiger partial charge in [-0.05, 0) is 56.3 Å². The molecule has 0 saturated heterocycles. The van der Waals surface area contributed by atoms with Crippen molar-refractivity contribution in [1.29, 1.82) is 0 Å². The van der Waals surface area contributed by atoms with Crippen LogP contribution < -0.4 is 21.2 Å². The minimum Gasteiger partial charge on any atom is -0.491 e.